The van der Waals surface area contributed by atoms with Crippen molar-refractivity contribution in [3.05, 3.63) is 72.6 Å². The predicted molar refractivity (Wildman–Crippen MR) is 99.9 cm³/mol. The molecular weight excluding hydrogens is 404 g/mol. The number of nitrogens with one attached hydrogen (secondary N) is 1. The highest BCUT2D eigenvalue weighted by Crippen LogP contribution is 2.20. The second-order valence-corrected chi connectivity index (χ2v) is 8.75. The van der Waals surface area contributed by atoms with E-state index < -0.39 is 35.7 Å². The number of benzene rings is 1. The molecule has 9 nitrogen and oxygen atoms in total. The van der Waals surface area contributed by atoms with Crippen LogP contribution in [-0.2, 0) is 20.0 Å². The number of pyridine rings is 2. The zero-order valence-electron chi connectivity index (χ0n) is 14.2. The van der Waals surface area contributed by atoms with E-state index in [2.05, 4.69) is 9.97 Å². The van der Waals surface area contributed by atoms with E-state index in [-0.39, 0.29) is 5.56 Å². The number of nitrogens with zero attached hydrogens (tertiary/aromatic N) is 2. The van der Waals surface area contributed by atoms with E-state index in [1.54, 1.807) is 24.4 Å². The standard InChI is InChI=1S/C17H14N4O5S2/c18-27(23,24)15-6-1-2-7-16(15)28(25,26)21-17(22)12-8-9-14(20-11-12)13-5-3-4-10-19-13/h1-11H,(H,21,22)(H2,18,23,24). The lowest BCUT2D eigenvalue weighted by Gasteiger charge is -2.10. The highest BCUT2D eigenvalue weighted by atomic mass is 32.2. The van der Waals surface area contributed by atoms with Gasteiger partial charge in [-0.3, -0.25) is 14.8 Å². The van der Waals surface area contributed by atoms with Crippen molar-refractivity contribution in [1.29, 1.82) is 0 Å². The zero-order valence-corrected chi connectivity index (χ0v) is 15.8. The van der Waals surface area contributed by atoms with Crippen LogP contribution in [0.3, 0.4) is 0 Å². The molecule has 1 aromatic carbocycles. The fourth-order valence-electron chi connectivity index (χ4n) is 2.34. The molecule has 3 N–H and O–H groups in total. The number of hydrogen-bond acceptors (Lipinski definition) is 7. The molecule has 28 heavy (non-hydrogen) atoms. The lowest BCUT2D eigenvalue weighted by Crippen LogP contribution is -2.32. The molecule has 0 radical (unpaired) electrons. The lowest BCUT2D eigenvalue weighted by molar-refractivity contribution is 0.0981. The number of carbonyl (C=O) groups excluding carboxylic acids is 1. The Balaban J connectivity index is 1.87. The monoisotopic (exact) mass is 418 g/mol. The number of sulfonamides is 2. The van der Waals surface area contributed by atoms with Gasteiger partial charge in [-0.15, -0.1) is 0 Å². The number of rotatable bonds is 5. The smallest absolute Gasteiger partial charge is 0.266 e. The van der Waals surface area contributed by atoms with Crippen molar-refractivity contribution in [2.24, 2.45) is 5.14 Å². The van der Waals surface area contributed by atoms with E-state index in [0.717, 1.165) is 12.1 Å². The van der Waals surface area contributed by atoms with Crippen LogP contribution >= 0.6 is 0 Å². The maximum absolute atomic E-state index is 12.5. The van der Waals surface area contributed by atoms with Gasteiger partial charge < -0.3 is 0 Å². The second kappa shape index (κ2) is 7.46. The normalized spacial score (nSPS) is 11.8. The van der Waals surface area contributed by atoms with Gasteiger partial charge in [0.15, 0.2) is 0 Å². The third-order valence-electron chi connectivity index (χ3n) is 3.63. The molecular formula is C17H14N4O5S2. The molecule has 0 atom stereocenters. The molecule has 2 heterocycles. The Kier molecular flexibility index (Phi) is 5.23. The third-order valence-corrected chi connectivity index (χ3v) is 6.11. The molecule has 2 aromatic heterocycles. The molecule has 144 valence electrons. The first kappa shape index (κ1) is 19.6. The summed E-state index contributed by atoms with van der Waals surface area (Å²) in [5.41, 5.74) is 1.06. The highest BCUT2D eigenvalue weighted by molar-refractivity contribution is 7.92. The fraction of sp³-hybridized carbons (Fsp3) is 0. The molecule has 0 saturated carbocycles. The van der Waals surface area contributed by atoms with Crippen LogP contribution in [0.2, 0.25) is 0 Å². The number of nitrogens with two attached hydrogens (primary N) is 1. The topological polar surface area (TPSA) is 149 Å². The molecule has 0 bridgehead atoms. The number of amides is 1. The predicted octanol–water partition coefficient (Wildman–Crippen LogP) is 0.910. The van der Waals surface area contributed by atoms with E-state index in [4.69, 9.17) is 5.14 Å². The minimum Gasteiger partial charge on any atom is -0.268 e. The van der Waals surface area contributed by atoms with Crippen molar-refractivity contribution < 1.29 is 21.6 Å². The Morgan fingerprint density at radius 2 is 1.46 bits per heavy atom. The molecule has 1 amide bonds. The van der Waals surface area contributed by atoms with Gasteiger partial charge in [0, 0.05) is 12.4 Å². The largest absolute Gasteiger partial charge is 0.268 e. The summed E-state index contributed by atoms with van der Waals surface area (Å²) in [7, 11) is -8.79. The van der Waals surface area contributed by atoms with Crippen LogP contribution in [0.5, 0.6) is 0 Å². The van der Waals surface area contributed by atoms with Crippen LogP contribution in [-0.4, -0.2) is 32.7 Å². The first-order valence-electron chi connectivity index (χ1n) is 7.75. The van der Waals surface area contributed by atoms with Gasteiger partial charge in [0.05, 0.1) is 17.0 Å². The summed E-state index contributed by atoms with van der Waals surface area (Å²) in [6.07, 6.45) is 2.79. The van der Waals surface area contributed by atoms with E-state index in [1.165, 1.54) is 30.5 Å². The SMILES string of the molecule is NS(=O)(=O)c1ccccc1S(=O)(=O)NC(=O)c1ccc(-c2ccccn2)nc1. The minimum atomic E-state index is -4.48. The Bertz CT molecular complexity index is 1230. The molecule has 0 aliphatic carbocycles. The van der Waals surface area contributed by atoms with Crippen LogP contribution < -0.4 is 9.86 Å². The maximum atomic E-state index is 12.5. The van der Waals surface area contributed by atoms with E-state index in [0.29, 0.717) is 11.4 Å². The molecule has 0 spiro atoms. The van der Waals surface area contributed by atoms with Crippen LogP contribution in [0.25, 0.3) is 11.4 Å². The average Bonchev–Trinajstić information content (AvgIpc) is 2.68. The molecule has 0 unspecified atom stereocenters. The fourth-order valence-corrected chi connectivity index (χ4v) is 4.69. The van der Waals surface area contributed by atoms with Crippen LogP contribution in [0.4, 0.5) is 0 Å². The van der Waals surface area contributed by atoms with E-state index in [1.807, 2.05) is 4.72 Å². The van der Waals surface area contributed by atoms with Gasteiger partial charge in [-0.25, -0.2) is 26.7 Å². The van der Waals surface area contributed by atoms with Crippen molar-refractivity contribution in [2.75, 3.05) is 0 Å². The third kappa shape index (κ3) is 4.22. The van der Waals surface area contributed by atoms with Crippen molar-refractivity contribution >= 4 is 26.0 Å². The summed E-state index contributed by atoms with van der Waals surface area (Å²) in [5, 5.41) is 5.05. The molecule has 0 saturated heterocycles. The first-order chi connectivity index (χ1) is 13.2. The molecule has 0 fully saturated rings. The van der Waals surface area contributed by atoms with Crippen molar-refractivity contribution in [2.45, 2.75) is 9.79 Å². The van der Waals surface area contributed by atoms with Crippen LogP contribution in [0.1, 0.15) is 10.4 Å². The van der Waals surface area contributed by atoms with Crippen molar-refractivity contribution in [3.63, 3.8) is 0 Å². The summed E-state index contributed by atoms with van der Waals surface area (Å²) in [6.45, 7) is 0. The van der Waals surface area contributed by atoms with E-state index in [9.17, 15) is 21.6 Å². The summed E-state index contributed by atoms with van der Waals surface area (Å²) in [4.78, 5) is 19.3. The first-order valence-corrected chi connectivity index (χ1v) is 10.8. The summed E-state index contributed by atoms with van der Waals surface area (Å²) in [5.74, 6) is -0.968. The Morgan fingerprint density at radius 3 is 2.04 bits per heavy atom. The number of carbonyl (C=O) groups is 1. The summed E-state index contributed by atoms with van der Waals surface area (Å²) < 4.78 is 50.0. The molecule has 11 heteroatoms. The van der Waals surface area contributed by atoms with Crippen LogP contribution in [0.15, 0.2) is 76.8 Å². The summed E-state index contributed by atoms with van der Waals surface area (Å²) >= 11 is 0. The van der Waals surface area contributed by atoms with Crippen molar-refractivity contribution in [1.82, 2.24) is 14.7 Å². The minimum absolute atomic E-state index is 0.0312. The van der Waals surface area contributed by atoms with Gasteiger partial charge in [-0.2, -0.15) is 0 Å². The van der Waals surface area contributed by atoms with Gasteiger partial charge in [-0.1, -0.05) is 18.2 Å². The van der Waals surface area contributed by atoms with Gasteiger partial charge in [0.25, 0.3) is 15.9 Å². The van der Waals surface area contributed by atoms with Gasteiger partial charge in [-0.05, 0) is 36.4 Å². The quantitative estimate of drug-likeness (QED) is 0.625. The number of primary sulfonamides is 1. The number of aromatic nitrogens is 2. The van der Waals surface area contributed by atoms with Gasteiger partial charge >= 0.3 is 0 Å². The Labute approximate surface area is 161 Å². The van der Waals surface area contributed by atoms with E-state index >= 15 is 0 Å². The molecule has 0 aliphatic heterocycles. The molecule has 3 rings (SSSR count). The number of hydrogen-bond donors (Lipinski definition) is 2. The summed E-state index contributed by atoms with van der Waals surface area (Å²) in [6, 6.07) is 12.9. The Hall–Kier alpha value is -3.15. The van der Waals surface area contributed by atoms with Crippen molar-refractivity contribution in [3.8, 4) is 11.4 Å². The average molecular weight is 418 g/mol. The molecule has 0 aliphatic rings. The maximum Gasteiger partial charge on any atom is 0.266 e. The Morgan fingerprint density at radius 1 is 0.821 bits per heavy atom. The van der Waals surface area contributed by atoms with Gasteiger partial charge in [0.2, 0.25) is 10.0 Å². The highest BCUT2D eigenvalue weighted by Gasteiger charge is 2.26. The van der Waals surface area contributed by atoms with Gasteiger partial charge in [0.1, 0.15) is 9.79 Å². The lowest BCUT2D eigenvalue weighted by atomic mass is 10.2. The zero-order chi connectivity index (χ0) is 20.4. The van der Waals surface area contributed by atoms with Crippen LogP contribution in [0, 0.1) is 0 Å². The second-order valence-electron chi connectivity index (χ2n) is 5.57. The molecule has 3 aromatic rings.